The van der Waals surface area contributed by atoms with E-state index in [4.69, 9.17) is 0 Å². The minimum absolute atomic E-state index is 0.234. The second kappa shape index (κ2) is 3.52. The van der Waals surface area contributed by atoms with E-state index >= 15 is 0 Å². The van der Waals surface area contributed by atoms with Gasteiger partial charge in [0.2, 0.25) is 0 Å². The summed E-state index contributed by atoms with van der Waals surface area (Å²) in [4.78, 5) is 31.3. The molecule has 0 unspecified atom stereocenters. The Morgan fingerprint density at radius 3 is 2.20 bits per heavy atom. The van der Waals surface area contributed by atoms with E-state index in [-0.39, 0.29) is 4.68 Å². The van der Waals surface area contributed by atoms with Crippen LogP contribution in [0.15, 0.2) is 6.20 Å². The molecule has 0 aliphatic rings. The van der Waals surface area contributed by atoms with Crippen molar-refractivity contribution in [1.82, 2.24) is 9.66 Å². The number of nitrogens with one attached hydrogen (secondary N) is 1. The minimum Gasteiger partial charge on any atom is -0.390 e. The normalized spacial score (nSPS) is 9.60. The number of nitrogens with zero attached hydrogens (tertiary/aromatic N) is 5. The summed E-state index contributed by atoms with van der Waals surface area (Å²) in [6, 6.07) is 0. The number of nitro groups is 3. The van der Waals surface area contributed by atoms with Crippen LogP contribution >= 0.6 is 0 Å². The van der Waals surface area contributed by atoms with Gasteiger partial charge >= 0.3 is 11.8 Å². The van der Waals surface area contributed by atoms with Gasteiger partial charge in [-0.15, -0.1) is 0 Å². The summed E-state index contributed by atoms with van der Waals surface area (Å²) >= 11 is 0. The van der Waals surface area contributed by atoms with Crippen molar-refractivity contribution in [2.75, 3.05) is 5.53 Å². The van der Waals surface area contributed by atoms with Crippen LogP contribution in [0.25, 0.3) is 0 Å². The number of imidazole rings is 1. The third kappa shape index (κ3) is 2.11. The van der Waals surface area contributed by atoms with Crippen LogP contribution in [0.2, 0.25) is 0 Å². The second-order valence-electron chi connectivity index (χ2n) is 2.14. The summed E-state index contributed by atoms with van der Waals surface area (Å²) in [5, 5.41) is 29.3. The standard InChI is InChI=1S/C3H2N6O6/c10-7(11)2-1-6(5-9(14)15)3(4-2)8(12)13/h1,5H. The highest BCUT2D eigenvalue weighted by Crippen LogP contribution is 2.15. The molecule has 1 rings (SSSR count). The first-order valence-electron chi connectivity index (χ1n) is 3.21. The summed E-state index contributed by atoms with van der Waals surface area (Å²) in [6.45, 7) is 0. The summed E-state index contributed by atoms with van der Waals surface area (Å²) in [7, 11) is 0. The number of rotatable bonds is 4. The van der Waals surface area contributed by atoms with E-state index in [0.29, 0.717) is 6.20 Å². The third-order valence-electron chi connectivity index (χ3n) is 1.21. The Balaban J connectivity index is 3.17. The molecular formula is C3H2N6O6. The Labute approximate surface area is 79.5 Å². The zero-order chi connectivity index (χ0) is 11.6. The Morgan fingerprint density at radius 1 is 1.20 bits per heavy atom. The van der Waals surface area contributed by atoms with Crippen molar-refractivity contribution in [3.05, 3.63) is 36.5 Å². The summed E-state index contributed by atoms with van der Waals surface area (Å²) in [5.74, 6) is -1.91. The predicted octanol–water partition coefficient (Wildman–Crippen LogP) is -0.565. The molecule has 0 radical (unpaired) electrons. The molecule has 0 aromatic carbocycles. The maximum absolute atomic E-state index is 10.3. The molecule has 12 nitrogen and oxygen atoms in total. The summed E-state index contributed by atoms with van der Waals surface area (Å²) in [6.07, 6.45) is 0.529. The van der Waals surface area contributed by atoms with Crippen molar-refractivity contribution in [3.8, 4) is 0 Å². The molecule has 0 atom stereocenters. The molecule has 0 spiro atoms. The van der Waals surface area contributed by atoms with Crippen LogP contribution in [0.4, 0.5) is 11.8 Å². The Morgan fingerprint density at radius 2 is 1.80 bits per heavy atom. The van der Waals surface area contributed by atoms with Crippen molar-refractivity contribution in [3.63, 3.8) is 0 Å². The van der Waals surface area contributed by atoms with Crippen molar-refractivity contribution < 1.29 is 14.9 Å². The van der Waals surface area contributed by atoms with Crippen molar-refractivity contribution in [2.45, 2.75) is 0 Å². The van der Waals surface area contributed by atoms with E-state index in [1.54, 1.807) is 0 Å². The minimum atomic E-state index is -1.11. The molecule has 0 bridgehead atoms. The molecule has 1 N–H and O–H groups in total. The fourth-order valence-electron chi connectivity index (χ4n) is 0.737. The van der Waals surface area contributed by atoms with Crippen LogP contribution in [0.5, 0.6) is 0 Å². The maximum Gasteiger partial charge on any atom is 0.464 e. The van der Waals surface area contributed by atoms with E-state index < -0.39 is 26.6 Å². The number of hydrazine groups is 1. The highest BCUT2D eigenvalue weighted by Gasteiger charge is 2.24. The number of hydrogen-bond donors (Lipinski definition) is 1. The van der Waals surface area contributed by atoms with Crippen molar-refractivity contribution >= 4 is 11.8 Å². The first kappa shape index (κ1) is 10.3. The maximum atomic E-state index is 10.3. The largest absolute Gasteiger partial charge is 0.464 e. The number of hydrogen-bond acceptors (Lipinski definition) is 7. The van der Waals surface area contributed by atoms with Gasteiger partial charge < -0.3 is 30.3 Å². The average Bonchev–Trinajstić information content (AvgIpc) is 2.46. The lowest BCUT2D eigenvalue weighted by Crippen LogP contribution is -2.21. The Bertz CT molecular complexity index is 436. The van der Waals surface area contributed by atoms with Crippen molar-refractivity contribution in [2.24, 2.45) is 0 Å². The molecule has 1 aromatic heterocycles. The van der Waals surface area contributed by atoms with Gasteiger partial charge in [0.15, 0.2) is 6.20 Å². The molecule has 0 amide bonds. The second-order valence-corrected chi connectivity index (χ2v) is 2.14. The molecule has 0 fully saturated rings. The van der Waals surface area contributed by atoms with Gasteiger partial charge in [0.05, 0.1) is 0 Å². The van der Waals surface area contributed by atoms with Crippen LogP contribution < -0.4 is 5.53 Å². The molecule has 1 heterocycles. The highest BCUT2D eigenvalue weighted by atomic mass is 16.7. The molecule has 0 aliphatic carbocycles. The van der Waals surface area contributed by atoms with E-state index in [1.807, 2.05) is 0 Å². The van der Waals surface area contributed by atoms with Gasteiger partial charge in [-0.2, -0.15) is 0 Å². The zero-order valence-electron chi connectivity index (χ0n) is 6.76. The van der Waals surface area contributed by atoms with Crippen molar-refractivity contribution in [1.29, 1.82) is 0 Å². The fraction of sp³-hybridized carbons (Fsp3) is 0. The molecule has 1 aromatic rings. The van der Waals surface area contributed by atoms with Gasteiger partial charge in [0.25, 0.3) is 0 Å². The zero-order valence-corrected chi connectivity index (χ0v) is 6.76. The summed E-state index contributed by atoms with van der Waals surface area (Å²) < 4.78 is 0.234. The Hall–Kier alpha value is -2.79. The smallest absolute Gasteiger partial charge is 0.390 e. The Kier molecular flexibility index (Phi) is 2.42. The number of aromatic nitrogens is 2. The van der Waals surface area contributed by atoms with Crippen LogP contribution in [0.1, 0.15) is 0 Å². The average molecular weight is 218 g/mol. The fourth-order valence-corrected chi connectivity index (χ4v) is 0.737. The third-order valence-corrected chi connectivity index (χ3v) is 1.21. The first-order chi connectivity index (χ1) is 6.91. The molecule has 15 heavy (non-hydrogen) atoms. The van der Waals surface area contributed by atoms with E-state index in [0.717, 1.165) is 0 Å². The monoisotopic (exact) mass is 218 g/mol. The van der Waals surface area contributed by atoms with Gasteiger partial charge in [-0.3, -0.25) is 0 Å². The topological polar surface area (TPSA) is 159 Å². The van der Waals surface area contributed by atoms with Crippen LogP contribution in [0.3, 0.4) is 0 Å². The molecular weight excluding hydrogens is 216 g/mol. The first-order valence-corrected chi connectivity index (χ1v) is 3.21. The molecule has 12 heteroatoms. The quantitative estimate of drug-likeness (QED) is 0.519. The lowest BCUT2D eigenvalue weighted by Gasteiger charge is -1.98. The highest BCUT2D eigenvalue weighted by molar-refractivity contribution is 5.24. The van der Waals surface area contributed by atoms with E-state index in [9.17, 15) is 30.3 Å². The SMILES string of the molecule is O=[N+]([O-])Nn1cc([N+](=O)[O-])nc1[N+](=O)[O-]. The molecule has 0 saturated carbocycles. The summed E-state index contributed by atoms with van der Waals surface area (Å²) in [5.41, 5.74) is 1.36. The van der Waals surface area contributed by atoms with E-state index in [2.05, 4.69) is 4.98 Å². The lowest BCUT2D eigenvalue weighted by molar-refractivity contribution is -0.467. The van der Waals surface area contributed by atoms with E-state index in [1.165, 1.54) is 5.53 Å². The van der Waals surface area contributed by atoms with Gasteiger partial charge in [-0.25, -0.2) is 0 Å². The van der Waals surface area contributed by atoms with Gasteiger partial charge in [-0.1, -0.05) is 10.2 Å². The van der Waals surface area contributed by atoms with Crippen LogP contribution in [0, 0.1) is 30.3 Å². The van der Waals surface area contributed by atoms with Gasteiger partial charge in [0.1, 0.15) is 0 Å². The van der Waals surface area contributed by atoms with Gasteiger partial charge in [-0.05, 0) is 14.8 Å². The molecule has 0 saturated heterocycles. The lowest BCUT2D eigenvalue weighted by atomic mass is 10.8. The molecule has 80 valence electrons. The van der Waals surface area contributed by atoms with Crippen LogP contribution in [-0.4, -0.2) is 24.5 Å². The van der Waals surface area contributed by atoms with Crippen LogP contribution in [-0.2, 0) is 0 Å². The van der Waals surface area contributed by atoms with Gasteiger partial charge in [0, 0.05) is 5.03 Å². The predicted molar refractivity (Wildman–Crippen MR) is 41.9 cm³/mol. The molecule has 0 aliphatic heterocycles.